The summed E-state index contributed by atoms with van der Waals surface area (Å²) in [6, 6.07) is 7.31. The molecule has 1 N–H and O–H groups in total. The van der Waals surface area contributed by atoms with Crippen LogP contribution in [0.4, 0.5) is 4.79 Å². The number of nitrogens with zero attached hydrogens (tertiary/aromatic N) is 2. The highest BCUT2D eigenvalue weighted by atomic mass is 35.5. The lowest BCUT2D eigenvalue weighted by molar-refractivity contribution is -0.139. The molecule has 0 radical (unpaired) electrons. The number of rotatable bonds is 4. The lowest BCUT2D eigenvalue weighted by atomic mass is 9.97. The molecule has 20 heavy (non-hydrogen) atoms. The molecule has 1 aliphatic rings. The fraction of sp³-hybridized carbons (Fsp3) is 0.429. The maximum Gasteiger partial charge on any atom is 0.320 e. The summed E-state index contributed by atoms with van der Waals surface area (Å²) in [5.41, 5.74) is 0.896. The van der Waals surface area contributed by atoms with Gasteiger partial charge in [0.15, 0.2) is 0 Å². The van der Waals surface area contributed by atoms with Gasteiger partial charge in [0.2, 0.25) is 0 Å². The van der Waals surface area contributed by atoms with E-state index in [0.717, 1.165) is 5.56 Å². The maximum atomic E-state index is 12.1. The van der Waals surface area contributed by atoms with Crippen molar-refractivity contribution >= 4 is 23.6 Å². The number of carbonyl (C=O) groups is 2. The molecule has 0 saturated carbocycles. The number of benzene rings is 1. The Bertz CT molecular complexity index is 515. The minimum Gasteiger partial charge on any atom is -0.481 e. The Morgan fingerprint density at radius 1 is 1.40 bits per heavy atom. The number of carbonyl (C=O) groups excluding carboxylic acids is 1. The van der Waals surface area contributed by atoms with Gasteiger partial charge in [-0.3, -0.25) is 4.79 Å². The fourth-order valence-electron chi connectivity index (χ4n) is 2.29. The first kappa shape index (κ1) is 14.7. The van der Waals surface area contributed by atoms with Crippen LogP contribution in [0.1, 0.15) is 12.0 Å². The molecule has 1 heterocycles. The van der Waals surface area contributed by atoms with Gasteiger partial charge in [-0.05, 0) is 11.6 Å². The third kappa shape index (κ3) is 3.42. The predicted molar refractivity (Wildman–Crippen MR) is 75.6 cm³/mol. The first-order valence-corrected chi connectivity index (χ1v) is 6.80. The maximum absolute atomic E-state index is 12.1. The SMILES string of the molecule is CN(Cc1ccccc1Cl)C(=O)N1CC(CC(=O)O)C1. The summed E-state index contributed by atoms with van der Waals surface area (Å²) in [5.74, 6) is -0.739. The Kier molecular flexibility index (Phi) is 4.49. The van der Waals surface area contributed by atoms with Crippen LogP contribution < -0.4 is 0 Å². The van der Waals surface area contributed by atoms with Crippen molar-refractivity contribution in [2.75, 3.05) is 20.1 Å². The molecule has 1 aromatic carbocycles. The van der Waals surface area contributed by atoms with Crippen molar-refractivity contribution in [3.8, 4) is 0 Å². The Labute approximate surface area is 122 Å². The summed E-state index contributed by atoms with van der Waals surface area (Å²) in [5, 5.41) is 9.32. The number of halogens is 1. The van der Waals surface area contributed by atoms with E-state index in [1.54, 1.807) is 22.9 Å². The van der Waals surface area contributed by atoms with Gasteiger partial charge in [-0.25, -0.2) is 4.79 Å². The molecule has 2 amide bonds. The van der Waals surface area contributed by atoms with E-state index < -0.39 is 5.97 Å². The smallest absolute Gasteiger partial charge is 0.320 e. The van der Waals surface area contributed by atoms with E-state index in [4.69, 9.17) is 16.7 Å². The van der Waals surface area contributed by atoms with Crippen LogP contribution in [0.2, 0.25) is 5.02 Å². The van der Waals surface area contributed by atoms with Crippen molar-refractivity contribution in [1.82, 2.24) is 9.80 Å². The molecule has 0 unspecified atom stereocenters. The number of carboxylic acid groups (broad SMARTS) is 1. The monoisotopic (exact) mass is 296 g/mol. The normalized spacial score (nSPS) is 14.8. The molecule has 5 nitrogen and oxygen atoms in total. The second-order valence-corrected chi connectivity index (χ2v) is 5.51. The molecule has 0 atom stereocenters. The number of amides is 2. The van der Waals surface area contributed by atoms with Crippen LogP contribution in [0, 0.1) is 5.92 Å². The van der Waals surface area contributed by atoms with Crippen molar-refractivity contribution in [2.45, 2.75) is 13.0 Å². The summed E-state index contributed by atoms with van der Waals surface area (Å²) in [4.78, 5) is 25.9. The molecular weight excluding hydrogens is 280 g/mol. The average Bonchev–Trinajstić information content (AvgIpc) is 2.35. The van der Waals surface area contributed by atoms with Crippen LogP contribution >= 0.6 is 11.6 Å². The minimum atomic E-state index is -0.813. The van der Waals surface area contributed by atoms with Gasteiger partial charge in [-0.15, -0.1) is 0 Å². The van der Waals surface area contributed by atoms with E-state index in [2.05, 4.69) is 0 Å². The second-order valence-electron chi connectivity index (χ2n) is 5.10. The zero-order valence-electron chi connectivity index (χ0n) is 11.3. The third-order valence-electron chi connectivity index (χ3n) is 3.38. The van der Waals surface area contributed by atoms with Gasteiger partial charge in [0.1, 0.15) is 0 Å². The Balaban J connectivity index is 1.85. The van der Waals surface area contributed by atoms with Crippen LogP contribution in [0.15, 0.2) is 24.3 Å². The van der Waals surface area contributed by atoms with E-state index in [0.29, 0.717) is 24.7 Å². The number of aliphatic carboxylic acids is 1. The van der Waals surface area contributed by atoms with Crippen LogP contribution in [0.25, 0.3) is 0 Å². The highest BCUT2D eigenvalue weighted by Crippen LogP contribution is 2.22. The van der Waals surface area contributed by atoms with Crippen molar-refractivity contribution in [2.24, 2.45) is 5.92 Å². The zero-order chi connectivity index (χ0) is 14.7. The summed E-state index contributed by atoms with van der Waals surface area (Å²) < 4.78 is 0. The molecule has 0 bridgehead atoms. The molecule has 6 heteroatoms. The van der Waals surface area contributed by atoms with Crippen molar-refractivity contribution in [3.63, 3.8) is 0 Å². The first-order valence-electron chi connectivity index (χ1n) is 6.42. The fourth-order valence-corrected chi connectivity index (χ4v) is 2.49. The molecule has 1 saturated heterocycles. The summed E-state index contributed by atoms with van der Waals surface area (Å²) in [6.45, 7) is 1.47. The lowest BCUT2D eigenvalue weighted by Gasteiger charge is -2.40. The summed E-state index contributed by atoms with van der Waals surface area (Å²) in [6.07, 6.45) is 0.123. The molecule has 0 aliphatic carbocycles. The topological polar surface area (TPSA) is 60.9 Å². The van der Waals surface area contributed by atoms with Gasteiger partial charge in [0.05, 0.1) is 6.42 Å². The van der Waals surface area contributed by atoms with Crippen LogP contribution in [0.3, 0.4) is 0 Å². The third-order valence-corrected chi connectivity index (χ3v) is 3.75. The molecule has 2 rings (SSSR count). The lowest BCUT2D eigenvalue weighted by Crippen LogP contribution is -2.54. The first-order chi connectivity index (χ1) is 9.47. The number of urea groups is 1. The summed E-state index contributed by atoms with van der Waals surface area (Å²) in [7, 11) is 1.72. The van der Waals surface area contributed by atoms with Gasteiger partial charge in [0, 0.05) is 37.6 Å². The standard InChI is InChI=1S/C14H17ClN2O3/c1-16(9-11-4-2-3-5-12(11)15)14(20)17-7-10(8-17)6-13(18)19/h2-5,10H,6-9H2,1H3,(H,18,19). The molecule has 1 aliphatic heterocycles. The van der Waals surface area contributed by atoms with E-state index >= 15 is 0 Å². The Morgan fingerprint density at radius 3 is 2.65 bits per heavy atom. The van der Waals surface area contributed by atoms with Gasteiger partial charge in [0.25, 0.3) is 0 Å². The van der Waals surface area contributed by atoms with Crippen LogP contribution in [-0.4, -0.2) is 47.0 Å². The Morgan fingerprint density at radius 2 is 2.05 bits per heavy atom. The highest BCUT2D eigenvalue weighted by molar-refractivity contribution is 6.31. The van der Waals surface area contributed by atoms with E-state index in [-0.39, 0.29) is 18.4 Å². The summed E-state index contributed by atoms with van der Waals surface area (Å²) >= 11 is 6.06. The largest absolute Gasteiger partial charge is 0.481 e. The van der Waals surface area contributed by atoms with Gasteiger partial charge in [-0.1, -0.05) is 29.8 Å². The van der Waals surface area contributed by atoms with Gasteiger partial charge in [-0.2, -0.15) is 0 Å². The molecule has 108 valence electrons. The highest BCUT2D eigenvalue weighted by Gasteiger charge is 2.33. The van der Waals surface area contributed by atoms with E-state index in [1.807, 2.05) is 18.2 Å². The number of likely N-dealkylation sites (tertiary alicyclic amines) is 1. The van der Waals surface area contributed by atoms with Crippen LogP contribution in [0.5, 0.6) is 0 Å². The van der Waals surface area contributed by atoms with E-state index in [1.165, 1.54) is 0 Å². The predicted octanol–water partition coefficient (Wildman–Crippen LogP) is 2.30. The van der Waals surface area contributed by atoms with E-state index in [9.17, 15) is 9.59 Å². The molecule has 0 aromatic heterocycles. The molecule has 1 aromatic rings. The molecule has 1 fully saturated rings. The van der Waals surface area contributed by atoms with Crippen molar-refractivity contribution < 1.29 is 14.7 Å². The molecule has 0 spiro atoms. The minimum absolute atomic E-state index is 0.0742. The number of carboxylic acids is 1. The van der Waals surface area contributed by atoms with Gasteiger partial charge < -0.3 is 14.9 Å². The zero-order valence-corrected chi connectivity index (χ0v) is 12.0. The van der Waals surface area contributed by atoms with Crippen LogP contribution in [-0.2, 0) is 11.3 Å². The number of hydrogen-bond donors (Lipinski definition) is 1. The van der Waals surface area contributed by atoms with Gasteiger partial charge >= 0.3 is 12.0 Å². The quantitative estimate of drug-likeness (QED) is 0.927. The average molecular weight is 297 g/mol. The number of hydrogen-bond acceptors (Lipinski definition) is 2. The molecular formula is C14H17ClN2O3. The second kappa shape index (κ2) is 6.13. The van der Waals surface area contributed by atoms with Crippen molar-refractivity contribution in [3.05, 3.63) is 34.9 Å². The Hall–Kier alpha value is -1.75. The van der Waals surface area contributed by atoms with Crippen molar-refractivity contribution in [1.29, 1.82) is 0 Å².